The van der Waals surface area contributed by atoms with Crippen LogP contribution in [-0.4, -0.2) is 4.98 Å². The molecular formula is C12H11NS. The monoisotopic (exact) mass is 201 g/mol. The maximum atomic E-state index is 4.26. The fraction of sp³-hybridized carbons (Fsp3) is 0.0833. The lowest BCUT2D eigenvalue weighted by Crippen LogP contribution is -1.88. The molecule has 70 valence electrons. The highest BCUT2D eigenvalue weighted by molar-refractivity contribution is 7.80. The van der Waals surface area contributed by atoms with Crippen molar-refractivity contribution in [1.29, 1.82) is 0 Å². The van der Waals surface area contributed by atoms with Crippen molar-refractivity contribution in [3.05, 3.63) is 59.9 Å². The van der Waals surface area contributed by atoms with Gasteiger partial charge in [0.2, 0.25) is 0 Å². The number of hydrogen-bond donors (Lipinski definition) is 1. The summed E-state index contributed by atoms with van der Waals surface area (Å²) in [6.07, 6.45) is 4.55. The molecule has 2 heteroatoms. The second kappa shape index (κ2) is 4.29. The molecule has 0 unspecified atom stereocenters. The van der Waals surface area contributed by atoms with E-state index in [0.29, 0.717) is 0 Å². The van der Waals surface area contributed by atoms with E-state index >= 15 is 0 Å². The number of benzene rings is 1. The molecule has 0 spiro atoms. The number of thiol groups is 1. The molecule has 0 saturated heterocycles. The minimum atomic E-state index is 0.915. The van der Waals surface area contributed by atoms with Crippen LogP contribution in [0.2, 0.25) is 0 Å². The summed E-state index contributed by atoms with van der Waals surface area (Å²) in [4.78, 5) is 5.02. The Morgan fingerprint density at radius 3 is 2.50 bits per heavy atom. The average molecular weight is 201 g/mol. The lowest BCUT2D eigenvalue weighted by Gasteiger charge is -2.01. The van der Waals surface area contributed by atoms with Gasteiger partial charge in [-0.25, -0.2) is 0 Å². The van der Waals surface area contributed by atoms with Crippen molar-refractivity contribution in [2.75, 3.05) is 0 Å². The standard InChI is InChI=1S/C12H11NS/c14-12-7-11(8-13-9-12)6-10-4-2-1-3-5-10/h1-5,7-9,14H,6H2. The summed E-state index contributed by atoms with van der Waals surface area (Å²) in [5.74, 6) is 0. The number of nitrogens with zero attached hydrogens (tertiary/aromatic N) is 1. The van der Waals surface area contributed by atoms with Crippen molar-refractivity contribution in [2.24, 2.45) is 0 Å². The summed E-state index contributed by atoms with van der Waals surface area (Å²) < 4.78 is 0. The largest absolute Gasteiger partial charge is 0.263 e. The van der Waals surface area contributed by atoms with Crippen molar-refractivity contribution in [3.8, 4) is 0 Å². The zero-order chi connectivity index (χ0) is 9.80. The van der Waals surface area contributed by atoms with Crippen molar-refractivity contribution in [3.63, 3.8) is 0 Å². The Balaban J connectivity index is 2.19. The van der Waals surface area contributed by atoms with Crippen LogP contribution in [0, 0.1) is 0 Å². The van der Waals surface area contributed by atoms with Crippen LogP contribution in [-0.2, 0) is 6.42 Å². The Morgan fingerprint density at radius 1 is 1.00 bits per heavy atom. The fourth-order valence-corrected chi connectivity index (χ4v) is 1.63. The van der Waals surface area contributed by atoms with Crippen molar-refractivity contribution < 1.29 is 0 Å². The summed E-state index contributed by atoms with van der Waals surface area (Å²) in [5, 5.41) is 0. The van der Waals surface area contributed by atoms with Gasteiger partial charge in [-0.3, -0.25) is 4.98 Å². The summed E-state index contributed by atoms with van der Waals surface area (Å²) in [7, 11) is 0. The van der Waals surface area contributed by atoms with Gasteiger partial charge in [-0.15, -0.1) is 12.6 Å². The van der Waals surface area contributed by atoms with Gasteiger partial charge < -0.3 is 0 Å². The Bertz CT molecular complexity index is 412. The summed E-state index contributed by atoms with van der Waals surface area (Å²) in [6, 6.07) is 12.4. The molecule has 1 nitrogen and oxygen atoms in total. The fourth-order valence-electron chi connectivity index (χ4n) is 1.40. The van der Waals surface area contributed by atoms with Gasteiger partial charge in [-0.2, -0.15) is 0 Å². The van der Waals surface area contributed by atoms with Crippen LogP contribution < -0.4 is 0 Å². The summed E-state index contributed by atoms with van der Waals surface area (Å²) >= 11 is 4.26. The van der Waals surface area contributed by atoms with E-state index in [9.17, 15) is 0 Å². The molecule has 0 aliphatic carbocycles. The third-order valence-corrected chi connectivity index (χ3v) is 2.28. The van der Waals surface area contributed by atoms with Crippen LogP contribution in [0.25, 0.3) is 0 Å². The molecule has 1 heterocycles. The topological polar surface area (TPSA) is 12.9 Å². The van der Waals surface area contributed by atoms with E-state index in [-0.39, 0.29) is 0 Å². The van der Waals surface area contributed by atoms with Crippen LogP contribution >= 0.6 is 12.6 Å². The van der Waals surface area contributed by atoms with E-state index < -0.39 is 0 Å². The lowest BCUT2D eigenvalue weighted by atomic mass is 10.1. The third-order valence-electron chi connectivity index (χ3n) is 2.03. The molecule has 0 fully saturated rings. The molecule has 0 radical (unpaired) electrons. The zero-order valence-corrected chi connectivity index (χ0v) is 8.61. The molecule has 0 atom stereocenters. The molecule has 1 aromatic heterocycles. The molecule has 0 aliphatic rings. The number of pyridine rings is 1. The first-order valence-electron chi connectivity index (χ1n) is 4.51. The third kappa shape index (κ3) is 2.36. The number of rotatable bonds is 2. The van der Waals surface area contributed by atoms with Crippen molar-refractivity contribution >= 4 is 12.6 Å². The van der Waals surface area contributed by atoms with Gasteiger partial charge >= 0.3 is 0 Å². The molecule has 14 heavy (non-hydrogen) atoms. The van der Waals surface area contributed by atoms with Crippen LogP contribution in [0.5, 0.6) is 0 Å². The molecule has 0 saturated carbocycles. The first-order chi connectivity index (χ1) is 6.84. The second-order valence-corrected chi connectivity index (χ2v) is 3.73. The molecular weight excluding hydrogens is 190 g/mol. The van der Waals surface area contributed by atoms with Crippen LogP contribution in [0.1, 0.15) is 11.1 Å². The maximum Gasteiger partial charge on any atom is 0.0401 e. The van der Waals surface area contributed by atoms with E-state index in [0.717, 1.165) is 11.3 Å². The Morgan fingerprint density at radius 2 is 1.79 bits per heavy atom. The van der Waals surface area contributed by atoms with Gasteiger partial charge in [0.15, 0.2) is 0 Å². The first-order valence-corrected chi connectivity index (χ1v) is 4.96. The molecule has 0 amide bonds. The van der Waals surface area contributed by atoms with Gasteiger partial charge in [-0.1, -0.05) is 30.3 Å². The Hall–Kier alpha value is -1.28. The van der Waals surface area contributed by atoms with Crippen LogP contribution in [0.3, 0.4) is 0 Å². The average Bonchev–Trinajstić information content (AvgIpc) is 2.19. The van der Waals surface area contributed by atoms with E-state index in [2.05, 4.69) is 29.7 Å². The van der Waals surface area contributed by atoms with E-state index in [1.165, 1.54) is 11.1 Å². The van der Waals surface area contributed by atoms with Crippen molar-refractivity contribution in [2.45, 2.75) is 11.3 Å². The van der Waals surface area contributed by atoms with E-state index in [4.69, 9.17) is 0 Å². The molecule has 2 rings (SSSR count). The predicted octanol–water partition coefficient (Wildman–Crippen LogP) is 2.96. The number of aromatic nitrogens is 1. The minimum Gasteiger partial charge on any atom is -0.263 e. The van der Waals surface area contributed by atoms with Crippen LogP contribution in [0.4, 0.5) is 0 Å². The zero-order valence-electron chi connectivity index (χ0n) is 7.72. The molecule has 0 N–H and O–H groups in total. The van der Waals surface area contributed by atoms with Crippen molar-refractivity contribution in [1.82, 2.24) is 4.98 Å². The SMILES string of the molecule is Sc1cncc(Cc2ccccc2)c1. The lowest BCUT2D eigenvalue weighted by molar-refractivity contribution is 1.11. The highest BCUT2D eigenvalue weighted by atomic mass is 32.1. The van der Waals surface area contributed by atoms with Crippen LogP contribution in [0.15, 0.2) is 53.7 Å². The van der Waals surface area contributed by atoms with Gasteiger partial charge in [0.1, 0.15) is 0 Å². The smallest absolute Gasteiger partial charge is 0.0401 e. The normalized spacial score (nSPS) is 10.1. The highest BCUT2D eigenvalue weighted by Crippen LogP contribution is 2.11. The quantitative estimate of drug-likeness (QED) is 0.737. The summed E-state index contributed by atoms with van der Waals surface area (Å²) in [6.45, 7) is 0. The molecule has 0 bridgehead atoms. The minimum absolute atomic E-state index is 0.915. The Kier molecular flexibility index (Phi) is 2.84. The Labute approximate surface area is 89.2 Å². The second-order valence-electron chi connectivity index (χ2n) is 3.21. The van der Waals surface area contributed by atoms with Gasteiger partial charge in [0, 0.05) is 17.3 Å². The molecule has 2 aromatic rings. The number of hydrogen-bond acceptors (Lipinski definition) is 2. The highest BCUT2D eigenvalue weighted by Gasteiger charge is 1.96. The maximum absolute atomic E-state index is 4.26. The molecule has 1 aromatic carbocycles. The van der Waals surface area contributed by atoms with Gasteiger partial charge in [0.05, 0.1) is 0 Å². The summed E-state index contributed by atoms with van der Waals surface area (Å²) in [5.41, 5.74) is 2.50. The first kappa shape index (κ1) is 9.28. The molecule has 0 aliphatic heterocycles. The predicted molar refractivity (Wildman–Crippen MR) is 60.7 cm³/mol. The van der Waals surface area contributed by atoms with E-state index in [1.54, 1.807) is 6.20 Å². The van der Waals surface area contributed by atoms with Gasteiger partial charge in [0.25, 0.3) is 0 Å². The van der Waals surface area contributed by atoms with Gasteiger partial charge in [-0.05, 0) is 23.6 Å². The van der Waals surface area contributed by atoms with E-state index in [1.807, 2.05) is 30.5 Å².